The van der Waals surface area contributed by atoms with Crippen LogP contribution < -0.4 is 27.0 Å². The first-order valence-electron chi connectivity index (χ1n) is 11.5. The highest BCUT2D eigenvalue weighted by atomic mass is 16.4. The molecule has 1 rings (SSSR count). The van der Waals surface area contributed by atoms with E-state index in [1.807, 2.05) is 6.07 Å². The van der Waals surface area contributed by atoms with Crippen LogP contribution in [0.15, 0.2) is 24.3 Å². The predicted octanol–water partition coefficient (Wildman–Crippen LogP) is -0.667. The average molecular weight is 517 g/mol. The van der Waals surface area contributed by atoms with Crippen molar-refractivity contribution in [3.8, 4) is 6.07 Å². The molecule has 7 N–H and O–H groups in total. The zero-order chi connectivity index (χ0) is 28.1. The van der Waals surface area contributed by atoms with E-state index in [0.29, 0.717) is 11.1 Å². The van der Waals surface area contributed by atoms with E-state index < -0.39 is 53.6 Å². The first kappa shape index (κ1) is 30.6. The van der Waals surface area contributed by atoms with Gasteiger partial charge in [-0.3, -0.25) is 24.0 Å². The van der Waals surface area contributed by atoms with Gasteiger partial charge in [-0.25, -0.2) is 4.79 Å². The fourth-order valence-corrected chi connectivity index (χ4v) is 3.30. The Bertz CT molecular complexity index is 1070. The van der Waals surface area contributed by atoms with Gasteiger partial charge in [0, 0.05) is 19.4 Å². The van der Waals surface area contributed by atoms with Crippen LogP contribution in [0.1, 0.15) is 44.7 Å². The lowest BCUT2D eigenvalue weighted by atomic mass is 10.0. The number of nitrogens with zero attached hydrogens (tertiary/aromatic N) is 1. The predicted molar refractivity (Wildman–Crippen MR) is 131 cm³/mol. The topological polar surface area (TPSA) is 221 Å². The molecule has 1 aromatic rings. The van der Waals surface area contributed by atoms with Crippen LogP contribution in [0.2, 0.25) is 0 Å². The van der Waals surface area contributed by atoms with Gasteiger partial charge in [0.1, 0.15) is 12.1 Å². The Morgan fingerprint density at radius 3 is 2.27 bits per heavy atom. The average Bonchev–Trinajstić information content (AvgIpc) is 2.81. The Kier molecular flexibility index (Phi) is 12.2. The maximum Gasteiger partial charge on any atom is 0.405 e. The monoisotopic (exact) mass is 516 g/mol. The minimum Gasteiger partial charge on any atom is -0.465 e. The summed E-state index contributed by atoms with van der Waals surface area (Å²) in [7, 11) is 0. The number of rotatable bonds is 14. The minimum atomic E-state index is -1.40. The number of hydrogen-bond acceptors (Lipinski definition) is 7. The van der Waals surface area contributed by atoms with Gasteiger partial charge in [-0.15, -0.1) is 0 Å². The summed E-state index contributed by atoms with van der Waals surface area (Å²) in [6, 6.07) is 5.06. The molecule has 0 saturated heterocycles. The largest absolute Gasteiger partial charge is 0.465 e. The fourth-order valence-electron chi connectivity index (χ4n) is 3.30. The number of nitriles is 1. The highest BCUT2D eigenvalue weighted by Gasteiger charge is 2.28. The molecule has 0 radical (unpaired) electrons. The van der Waals surface area contributed by atoms with Crippen LogP contribution in [0.25, 0.3) is 0 Å². The van der Waals surface area contributed by atoms with Crippen molar-refractivity contribution in [2.45, 2.75) is 58.2 Å². The lowest BCUT2D eigenvalue weighted by Crippen LogP contribution is -2.53. The van der Waals surface area contributed by atoms with Gasteiger partial charge in [-0.05, 0) is 37.0 Å². The first-order chi connectivity index (χ1) is 17.3. The lowest BCUT2D eigenvalue weighted by molar-refractivity contribution is -0.140. The van der Waals surface area contributed by atoms with E-state index in [0.717, 1.165) is 0 Å². The zero-order valence-electron chi connectivity index (χ0n) is 20.9. The number of ketones is 1. The Balaban J connectivity index is 2.57. The number of carbonyl (C=O) groups is 6. The molecule has 0 aliphatic carbocycles. The van der Waals surface area contributed by atoms with Gasteiger partial charge in [0.2, 0.25) is 23.5 Å². The molecular weight excluding hydrogens is 484 g/mol. The molecule has 1 unspecified atom stereocenters. The number of nitrogens with one attached hydrogen (secondary N) is 4. The van der Waals surface area contributed by atoms with Gasteiger partial charge >= 0.3 is 6.09 Å². The molecule has 0 heterocycles. The second-order valence-electron chi connectivity index (χ2n) is 8.77. The quantitative estimate of drug-likeness (QED) is 0.174. The normalized spacial score (nSPS) is 12.8. The molecule has 37 heavy (non-hydrogen) atoms. The van der Waals surface area contributed by atoms with Crippen LogP contribution >= 0.6 is 0 Å². The summed E-state index contributed by atoms with van der Waals surface area (Å²) < 4.78 is 0. The summed E-state index contributed by atoms with van der Waals surface area (Å²) in [6.07, 6.45) is -1.41. The molecule has 200 valence electrons. The number of carboxylic acid groups (broad SMARTS) is 1. The van der Waals surface area contributed by atoms with Crippen LogP contribution in [0.3, 0.4) is 0 Å². The Labute approximate surface area is 214 Å². The van der Waals surface area contributed by atoms with E-state index in [9.17, 15) is 28.8 Å². The molecular formula is C24H32N6O7. The molecule has 13 heteroatoms. The molecule has 0 aliphatic rings. The van der Waals surface area contributed by atoms with Crippen LogP contribution in [-0.4, -0.2) is 65.3 Å². The van der Waals surface area contributed by atoms with Crippen molar-refractivity contribution in [3.05, 3.63) is 35.4 Å². The van der Waals surface area contributed by atoms with E-state index in [1.165, 1.54) is 6.92 Å². The summed E-state index contributed by atoms with van der Waals surface area (Å²) in [5, 5.41) is 27.0. The number of primary amides is 1. The maximum atomic E-state index is 12.4. The third-order valence-electron chi connectivity index (χ3n) is 5.11. The van der Waals surface area contributed by atoms with E-state index >= 15 is 0 Å². The zero-order valence-corrected chi connectivity index (χ0v) is 20.9. The molecule has 5 amide bonds. The lowest BCUT2D eigenvalue weighted by Gasteiger charge is -2.21. The van der Waals surface area contributed by atoms with Gasteiger partial charge in [-0.2, -0.15) is 5.26 Å². The number of amides is 5. The molecule has 0 aromatic heterocycles. The van der Waals surface area contributed by atoms with Gasteiger partial charge in [0.15, 0.2) is 0 Å². The third-order valence-corrected chi connectivity index (χ3v) is 5.11. The van der Waals surface area contributed by atoms with Crippen molar-refractivity contribution < 1.29 is 33.9 Å². The Morgan fingerprint density at radius 2 is 1.70 bits per heavy atom. The van der Waals surface area contributed by atoms with E-state index in [4.69, 9.17) is 16.1 Å². The summed E-state index contributed by atoms with van der Waals surface area (Å²) in [5.74, 6) is -4.19. The summed E-state index contributed by atoms with van der Waals surface area (Å²) >= 11 is 0. The number of hydrogen-bond donors (Lipinski definition) is 6. The van der Waals surface area contributed by atoms with Crippen LogP contribution in [0, 0.1) is 17.2 Å². The molecule has 0 aliphatic heterocycles. The second-order valence-corrected chi connectivity index (χ2v) is 8.77. The van der Waals surface area contributed by atoms with Gasteiger partial charge in [0.05, 0.1) is 17.7 Å². The first-order valence-corrected chi connectivity index (χ1v) is 11.5. The van der Waals surface area contributed by atoms with Crippen molar-refractivity contribution in [2.24, 2.45) is 11.7 Å². The van der Waals surface area contributed by atoms with Crippen molar-refractivity contribution in [3.63, 3.8) is 0 Å². The Morgan fingerprint density at radius 1 is 1.03 bits per heavy atom. The third kappa shape index (κ3) is 11.2. The minimum absolute atomic E-state index is 0.0140. The summed E-state index contributed by atoms with van der Waals surface area (Å²) in [4.78, 5) is 71.7. The van der Waals surface area contributed by atoms with Gasteiger partial charge < -0.3 is 32.1 Å². The molecule has 0 fully saturated rings. The summed E-state index contributed by atoms with van der Waals surface area (Å²) in [6.45, 7) is 4.63. The van der Waals surface area contributed by atoms with E-state index in [2.05, 4.69) is 21.3 Å². The van der Waals surface area contributed by atoms with Crippen molar-refractivity contribution in [1.29, 1.82) is 5.26 Å². The number of benzene rings is 1. The molecule has 0 bridgehead atoms. The number of nitrogens with two attached hydrogens (primary N) is 1. The van der Waals surface area contributed by atoms with Crippen LogP contribution in [0.5, 0.6) is 0 Å². The fraction of sp³-hybridized carbons (Fsp3) is 0.458. The number of carbonyl (C=O) groups excluding carboxylic acids is 5. The van der Waals surface area contributed by atoms with E-state index in [-0.39, 0.29) is 31.7 Å². The number of Topliss-reactive ketones (excluding diaryl/α,β-unsaturated/α-hetero) is 1. The van der Waals surface area contributed by atoms with Gasteiger partial charge in [-0.1, -0.05) is 26.0 Å². The Hall–Kier alpha value is -4.47. The SMILES string of the molecule is CC(C)C[C@H](NC(=O)O)C(=O)NC(C)C(=O)C(=O)NCCC(=O)N[C@@H](Cc1cccc(C#N)c1)C(N)=O. The molecule has 3 atom stereocenters. The molecule has 1 aromatic carbocycles. The van der Waals surface area contributed by atoms with Crippen molar-refractivity contribution in [2.75, 3.05) is 6.54 Å². The second kappa shape index (κ2) is 14.8. The van der Waals surface area contributed by atoms with Crippen LogP contribution in [0.4, 0.5) is 4.79 Å². The van der Waals surface area contributed by atoms with E-state index in [1.54, 1.807) is 38.1 Å². The van der Waals surface area contributed by atoms with Crippen LogP contribution in [-0.2, 0) is 30.4 Å². The highest BCUT2D eigenvalue weighted by molar-refractivity contribution is 6.38. The standard InChI is InChI=1S/C24H32N6O7/c1-13(2)9-18(30-24(36)37)22(34)28-14(3)20(32)23(35)27-8-7-19(31)29-17(21(26)33)11-15-5-4-6-16(10-15)12-25/h4-6,10,13-14,17-18,30H,7-9,11H2,1-3H3,(H2,26,33)(H,27,35)(H,28,34)(H,29,31)(H,36,37)/t14?,17-,18-/m0/s1. The molecule has 0 spiro atoms. The highest BCUT2D eigenvalue weighted by Crippen LogP contribution is 2.08. The molecule has 13 nitrogen and oxygen atoms in total. The van der Waals surface area contributed by atoms with Gasteiger partial charge in [0.25, 0.3) is 5.91 Å². The smallest absolute Gasteiger partial charge is 0.405 e. The van der Waals surface area contributed by atoms with Crippen molar-refractivity contribution in [1.82, 2.24) is 21.3 Å². The molecule has 0 saturated carbocycles. The maximum absolute atomic E-state index is 12.4. The summed E-state index contributed by atoms with van der Waals surface area (Å²) in [5.41, 5.74) is 6.37. The van der Waals surface area contributed by atoms with Crippen molar-refractivity contribution >= 4 is 35.5 Å².